The van der Waals surface area contributed by atoms with Gasteiger partial charge in [-0.1, -0.05) is 26.7 Å². The summed E-state index contributed by atoms with van der Waals surface area (Å²) < 4.78 is 1.83. The van der Waals surface area contributed by atoms with E-state index in [1.807, 2.05) is 24.1 Å². The summed E-state index contributed by atoms with van der Waals surface area (Å²) in [6.07, 6.45) is 7.66. The molecular weight excluding hydrogens is 389 g/mol. The fourth-order valence-corrected chi connectivity index (χ4v) is 2.22. The van der Waals surface area contributed by atoms with E-state index in [1.165, 1.54) is 18.4 Å². The first-order chi connectivity index (χ1) is 10.0. The van der Waals surface area contributed by atoms with Crippen LogP contribution in [0.25, 0.3) is 0 Å². The molecule has 0 bridgehead atoms. The second-order valence-corrected chi connectivity index (χ2v) is 6.00. The Kier molecular flexibility index (Phi) is 11.3. The van der Waals surface area contributed by atoms with Crippen molar-refractivity contribution in [3.05, 3.63) is 18.0 Å². The zero-order valence-corrected chi connectivity index (χ0v) is 17.0. The third-order valence-corrected chi connectivity index (χ3v) is 3.33. The molecule has 0 aliphatic rings. The van der Waals surface area contributed by atoms with E-state index in [4.69, 9.17) is 4.99 Å². The van der Waals surface area contributed by atoms with Crippen LogP contribution in [0, 0.1) is 5.92 Å². The molecule has 0 saturated carbocycles. The van der Waals surface area contributed by atoms with Gasteiger partial charge in [0.05, 0.1) is 6.20 Å². The molecule has 0 fully saturated rings. The highest BCUT2D eigenvalue weighted by Crippen LogP contribution is 2.06. The first-order valence-electron chi connectivity index (χ1n) is 8.00. The number of hydrogen-bond donors (Lipinski definition) is 1. The number of halogens is 1. The maximum Gasteiger partial charge on any atom is 0.193 e. The lowest BCUT2D eigenvalue weighted by Crippen LogP contribution is -2.38. The third-order valence-electron chi connectivity index (χ3n) is 3.33. The van der Waals surface area contributed by atoms with Gasteiger partial charge in [-0.3, -0.25) is 9.67 Å². The van der Waals surface area contributed by atoms with Gasteiger partial charge in [-0.25, -0.2) is 0 Å². The number of unbranched alkanes of at least 4 members (excludes halogenated alkanes) is 1. The van der Waals surface area contributed by atoms with Gasteiger partial charge in [0.15, 0.2) is 5.96 Å². The molecule has 1 rings (SSSR count). The molecule has 22 heavy (non-hydrogen) atoms. The third kappa shape index (κ3) is 8.60. The summed E-state index contributed by atoms with van der Waals surface area (Å²) in [5.41, 5.74) is 1.20. The SMILES string of the molecule is CCNC(=NCCCCC(C)C)N(C)Cc1cnn(C)c1.I. The van der Waals surface area contributed by atoms with Gasteiger partial charge in [-0.05, 0) is 19.3 Å². The number of hydrogen-bond acceptors (Lipinski definition) is 2. The van der Waals surface area contributed by atoms with Crippen LogP contribution in [0.2, 0.25) is 0 Å². The topological polar surface area (TPSA) is 45.5 Å². The number of guanidine groups is 1. The first-order valence-corrected chi connectivity index (χ1v) is 8.00. The van der Waals surface area contributed by atoms with Crippen molar-refractivity contribution < 1.29 is 0 Å². The lowest BCUT2D eigenvalue weighted by molar-refractivity contribution is 0.474. The summed E-state index contributed by atoms with van der Waals surface area (Å²) in [6, 6.07) is 0. The van der Waals surface area contributed by atoms with Gasteiger partial charge in [0, 0.05) is 45.5 Å². The lowest BCUT2D eigenvalue weighted by atomic mass is 10.1. The van der Waals surface area contributed by atoms with E-state index in [-0.39, 0.29) is 24.0 Å². The minimum atomic E-state index is 0. The quantitative estimate of drug-likeness (QED) is 0.303. The molecule has 6 heteroatoms. The van der Waals surface area contributed by atoms with Gasteiger partial charge in [-0.15, -0.1) is 24.0 Å². The molecule has 0 unspecified atom stereocenters. The standard InChI is InChI=1S/C16H31N5.HI/c1-6-17-16(18-10-8-7-9-14(2)3)20(4)12-15-11-19-21(5)13-15;/h11,13-14H,6-10,12H2,1-5H3,(H,17,18);1H. The van der Waals surface area contributed by atoms with Crippen LogP contribution in [0.5, 0.6) is 0 Å². The Morgan fingerprint density at radius 2 is 2.14 bits per heavy atom. The second-order valence-electron chi connectivity index (χ2n) is 6.00. The van der Waals surface area contributed by atoms with Crippen LogP contribution in [0.3, 0.4) is 0 Å². The van der Waals surface area contributed by atoms with Gasteiger partial charge in [0.1, 0.15) is 0 Å². The molecule has 0 atom stereocenters. The average molecular weight is 421 g/mol. The van der Waals surface area contributed by atoms with Crippen LogP contribution in [-0.2, 0) is 13.6 Å². The van der Waals surface area contributed by atoms with E-state index < -0.39 is 0 Å². The van der Waals surface area contributed by atoms with Crippen LogP contribution in [0.4, 0.5) is 0 Å². The van der Waals surface area contributed by atoms with Crippen LogP contribution < -0.4 is 5.32 Å². The summed E-state index contributed by atoms with van der Waals surface area (Å²) in [5.74, 6) is 1.77. The number of aliphatic imine (C=N–C) groups is 1. The Balaban J connectivity index is 0.00000441. The minimum absolute atomic E-state index is 0. The van der Waals surface area contributed by atoms with Crippen molar-refractivity contribution >= 4 is 29.9 Å². The van der Waals surface area contributed by atoms with Crippen molar-refractivity contribution in [1.82, 2.24) is 20.0 Å². The molecule has 5 nitrogen and oxygen atoms in total. The molecule has 1 N–H and O–H groups in total. The Morgan fingerprint density at radius 3 is 2.68 bits per heavy atom. The highest BCUT2D eigenvalue weighted by atomic mass is 127. The van der Waals surface area contributed by atoms with E-state index in [9.17, 15) is 0 Å². The number of nitrogens with one attached hydrogen (secondary N) is 1. The van der Waals surface area contributed by atoms with Crippen molar-refractivity contribution in [2.45, 2.75) is 46.6 Å². The van der Waals surface area contributed by atoms with E-state index >= 15 is 0 Å². The predicted molar refractivity (Wildman–Crippen MR) is 105 cm³/mol. The van der Waals surface area contributed by atoms with Crippen LogP contribution in [0.1, 0.15) is 45.6 Å². The fraction of sp³-hybridized carbons (Fsp3) is 0.750. The Morgan fingerprint density at radius 1 is 1.41 bits per heavy atom. The Hall–Kier alpha value is -0.790. The van der Waals surface area contributed by atoms with E-state index in [0.717, 1.165) is 37.9 Å². The highest BCUT2D eigenvalue weighted by Gasteiger charge is 2.07. The molecule has 0 aliphatic heterocycles. The van der Waals surface area contributed by atoms with Crippen LogP contribution >= 0.6 is 24.0 Å². The maximum atomic E-state index is 4.72. The van der Waals surface area contributed by atoms with E-state index in [1.54, 1.807) is 0 Å². The summed E-state index contributed by atoms with van der Waals surface area (Å²) in [6.45, 7) is 9.26. The number of aryl methyl sites for hydroxylation is 1. The van der Waals surface area contributed by atoms with Crippen LogP contribution in [-0.4, -0.2) is 40.8 Å². The molecule has 0 spiro atoms. The molecule has 0 amide bonds. The van der Waals surface area contributed by atoms with Gasteiger partial charge >= 0.3 is 0 Å². The van der Waals surface area contributed by atoms with E-state index in [0.29, 0.717) is 0 Å². The largest absolute Gasteiger partial charge is 0.357 e. The highest BCUT2D eigenvalue weighted by molar-refractivity contribution is 14.0. The lowest BCUT2D eigenvalue weighted by Gasteiger charge is -2.21. The zero-order valence-electron chi connectivity index (χ0n) is 14.7. The molecule has 0 aromatic carbocycles. The minimum Gasteiger partial charge on any atom is -0.357 e. The molecular formula is C16H32IN5. The second kappa shape index (κ2) is 11.7. The van der Waals surface area contributed by atoms with Crippen molar-refractivity contribution in [2.24, 2.45) is 18.0 Å². The molecule has 1 aromatic heterocycles. The van der Waals surface area contributed by atoms with Crippen molar-refractivity contribution in [3.8, 4) is 0 Å². The number of aromatic nitrogens is 2. The smallest absolute Gasteiger partial charge is 0.193 e. The van der Waals surface area contributed by atoms with Gasteiger partial charge in [0.2, 0.25) is 0 Å². The summed E-state index contributed by atoms with van der Waals surface area (Å²) in [5, 5.41) is 7.57. The van der Waals surface area contributed by atoms with Crippen molar-refractivity contribution in [1.29, 1.82) is 0 Å². The molecule has 0 saturated heterocycles. The number of nitrogens with zero attached hydrogens (tertiary/aromatic N) is 4. The van der Waals surface area contributed by atoms with Gasteiger partial charge in [-0.2, -0.15) is 5.10 Å². The summed E-state index contributed by atoms with van der Waals surface area (Å²) in [7, 11) is 4.01. The average Bonchev–Trinajstić information content (AvgIpc) is 2.82. The first kappa shape index (κ1) is 21.2. The Bertz CT molecular complexity index is 428. The molecule has 0 radical (unpaired) electrons. The monoisotopic (exact) mass is 421 g/mol. The van der Waals surface area contributed by atoms with Gasteiger partial charge < -0.3 is 10.2 Å². The fourth-order valence-electron chi connectivity index (χ4n) is 2.22. The summed E-state index contributed by atoms with van der Waals surface area (Å²) >= 11 is 0. The normalized spacial score (nSPS) is 11.5. The Labute approximate surface area is 152 Å². The van der Waals surface area contributed by atoms with Gasteiger partial charge in [0.25, 0.3) is 0 Å². The zero-order chi connectivity index (χ0) is 15.7. The maximum absolute atomic E-state index is 4.72. The summed E-state index contributed by atoms with van der Waals surface area (Å²) in [4.78, 5) is 6.87. The molecule has 0 aliphatic carbocycles. The molecule has 1 aromatic rings. The van der Waals surface area contributed by atoms with Crippen LogP contribution in [0.15, 0.2) is 17.4 Å². The molecule has 128 valence electrons. The number of rotatable bonds is 8. The van der Waals surface area contributed by atoms with Crippen molar-refractivity contribution in [3.63, 3.8) is 0 Å². The van der Waals surface area contributed by atoms with E-state index in [2.05, 4.69) is 43.1 Å². The molecule has 1 heterocycles. The predicted octanol–water partition coefficient (Wildman–Crippen LogP) is 3.26. The van der Waals surface area contributed by atoms with Crippen molar-refractivity contribution in [2.75, 3.05) is 20.1 Å².